The summed E-state index contributed by atoms with van der Waals surface area (Å²) in [5.74, 6) is 0. The molecule has 1 rings (SSSR count). The third-order valence-corrected chi connectivity index (χ3v) is 2.23. The Kier molecular flexibility index (Phi) is 1.95. The number of benzene rings is 1. The molecule has 0 nitrogen and oxygen atoms in total. The molecule has 0 aliphatic rings. The minimum Gasteiger partial charge on any atom is -0.166 e. The van der Waals surface area contributed by atoms with Gasteiger partial charge in [0.15, 0.2) is 0 Å². The fourth-order valence-corrected chi connectivity index (χ4v) is 1.94. The van der Waals surface area contributed by atoms with Gasteiger partial charge in [-0.25, -0.2) is 0 Å². The van der Waals surface area contributed by atoms with Crippen LogP contribution in [0.3, 0.4) is 0 Å². The van der Waals surface area contributed by atoms with Crippen LogP contribution in [0, 0.1) is 3.57 Å². The Morgan fingerprint density at radius 3 is 2.50 bits per heavy atom. The van der Waals surface area contributed by atoms with Gasteiger partial charge in [0.25, 0.3) is 0 Å². The number of alkyl halides is 3. The van der Waals surface area contributed by atoms with Crippen LogP contribution < -0.4 is 0 Å². The maximum atomic E-state index is 12.5. The number of hydrogen-bond donors (Lipinski definition) is 0. The smallest absolute Gasteiger partial charge is 0.166 e. The molecule has 0 bridgehead atoms. The van der Waals surface area contributed by atoms with E-state index in [1.807, 2.05) is 0 Å². The zero-order valence-electron chi connectivity index (χ0n) is 8.39. The normalized spacial score (nSPS) is 15.2. The first-order chi connectivity index (χ1) is 6.68. The number of halogens is 5. The van der Waals surface area contributed by atoms with Gasteiger partial charge in [-0.15, -0.1) is 0 Å². The second kappa shape index (κ2) is 3.53. The molecular weight excluding hydrogens is 348 g/mol. The summed E-state index contributed by atoms with van der Waals surface area (Å²) in [5.41, 5.74) is -1.22. The molecule has 0 aliphatic heterocycles. The first kappa shape index (κ1) is 6.64. The fraction of sp³-hybridized carbons (Fsp3) is 0.143. The molecule has 0 fully saturated rings. The zero-order valence-corrected chi connectivity index (χ0v) is 9.13. The molecule has 0 aliphatic carbocycles. The average Bonchev–Trinajstić information content (AvgIpc) is 2.09. The molecule has 0 amide bonds. The maximum absolute atomic E-state index is 12.5. The van der Waals surface area contributed by atoms with Crippen LogP contribution in [0.25, 0.3) is 0 Å². The molecule has 0 saturated heterocycles. The van der Waals surface area contributed by atoms with Gasteiger partial charge >= 0.3 is 6.18 Å². The fourth-order valence-electron chi connectivity index (χ4n) is 0.558. The summed E-state index contributed by atoms with van der Waals surface area (Å²) >= 11 is 4.17. The van der Waals surface area contributed by atoms with Crippen molar-refractivity contribution in [2.75, 3.05) is 0 Å². The van der Waals surface area contributed by atoms with Crippen LogP contribution in [-0.2, 0) is 6.18 Å². The highest BCUT2D eigenvalue weighted by atomic mass is 127. The highest BCUT2D eigenvalue weighted by molar-refractivity contribution is 14.1. The van der Waals surface area contributed by atoms with Gasteiger partial charge in [-0.2, -0.15) is 13.2 Å². The Hall–Kier alpha value is 0.220. The molecule has 66 valence electrons. The Labute approximate surface area is 93.6 Å². The van der Waals surface area contributed by atoms with Crippen molar-refractivity contribution in [2.24, 2.45) is 0 Å². The van der Waals surface area contributed by atoms with E-state index in [-0.39, 0.29) is 8.04 Å². The largest absolute Gasteiger partial charge is 0.417 e. The van der Waals surface area contributed by atoms with E-state index in [0.717, 1.165) is 0 Å². The standard InChI is InChI=1S/C7H3BrF3I/c8-4-1-2-5(6(12)3-4)7(9,10)11/h1-3H/i1D,2D,3D. The van der Waals surface area contributed by atoms with E-state index in [1.165, 1.54) is 22.6 Å². The van der Waals surface area contributed by atoms with Gasteiger partial charge in [0, 0.05) is 8.04 Å². The molecule has 0 saturated carbocycles. The van der Waals surface area contributed by atoms with Crippen molar-refractivity contribution in [1.82, 2.24) is 0 Å². The van der Waals surface area contributed by atoms with Gasteiger partial charge in [0.2, 0.25) is 0 Å². The van der Waals surface area contributed by atoms with E-state index in [9.17, 15) is 13.2 Å². The van der Waals surface area contributed by atoms with Gasteiger partial charge in [0.05, 0.1) is 9.68 Å². The Bertz CT molecular complexity index is 390. The van der Waals surface area contributed by atoms with Crippen molar-refractivity contribution >= 4 is 38.5 Å². The number of rotatable bonds is 0. The molecule has 1 aromatic carbocycles. The summed E-state index contributed by atoms with van der Waals surface area (Å²) in [6, 6.07) is -1.94. The van der Waals surface area contributed by atoms with Crippen LogP contribution in [0.4, 0.5) is 13.2 Å². The van der Waals surface area contributed by atoms with E-state index >= 15 is 0 Å². The SMILES string of the molecule is [2H]c1c([2H])c(C(F)(F)F)c(I)c([2H])c1Br. The molecule has 0 N–H and O–H groups in total. The minimum atomic E-state index is -4.71. The second-order valence-corrected chi connectivity index (χ2v) is 3.75. The minimum absolute atomic E-state index is 0.0927. The van der Waals surface area contributed by atoms with Gasteiger partial charge < -0.3 is 0 Å². The molecule has 0 radical (unpaired) electrons. The van der Waals surface area contributed by atoms with Crippen molar-refractivity contribution in [2.45, 2.75) is 6.18 Å². The zero-order chi connectivity index (χ0) is 12.0. The summed E-state index contributed by atoms with van der Waals surface area (Å²) in [5, 5.41) is 0. The van der Waals surface area contributed by atoms with Crippen LogP contribution in [0.15, 0.2) is 22.6 Å². The molecule has 0 atom stereocenters. The summed E-state index contributed by atoms with van der Waals surface area (Å²) < 4.78 is 58.8. The lowest BCUT2D eigenvalue weighted by molar-refractivity contribution is -0.138. The van der Waals surface area contributed by atoms with E-state index in [0.29, 0.717) is 0 Å². The van der Waals surface area contributed by atoms with Crippen LogP contribution in [-0.4, -0.2) is 0 Å². The highest BCUT2D eigenvalue weighted by Gasteiger charge is 2.32. The van der Waals surface area contributed by atoms with Crippen molar-refractivity contribution in [3.63, 3.8) is 0 Å². The second-order valence-electron chi connectivity index (χ2n) is 1.88. The van der Waals surface area contributed by atoms with Gasteiger partial charge in [-0.05, 0) is 40.7 Å². The molecular formula is C7H3BrF3I. The summed E-state index contributed by atoms with van der Waals surface area (Å²) in [6.07, 6.45) is -4.71. The van der Waals surface area contributed by atoms with Crippen molar-refractivity contribution in [1.29, 1.82) is 0 Å². The van der Waals surface area contributed by atoms with Gasteiger partial charge in [-0.1, -0.05) is 15.9 Å². The lowest BCUT2D eigenvalue weighted by atomic mass is 10.2. The Balaban J connectivity index is 3.68. The molecule has 5 heteroatoms. The first-order valence-electron chi connectivity index (χ1n) is 4.19. The summed E-state index contributed by atoms with van der Waals surface area (Å²) in [6.45, 7) is 0. The van der Waals surface area contributed by atoms with E-state index < -0.39 is 29.9 Å². The molecule has 0 aromatic heterocycles. The van der Waals surface area contributed by atoms with Crippen molar-refractivity contribution in [3.8, 4) is 0 Å². The van der Waals surface area contributed by atoms with E-state index in [4.69, 9.17) is 4.11 Å². The lowest BCUT2D eigenvalue weighted by Gasteiger charge is -2.08. The van der Waals surface area contributed by atoms with Crippen LogP contribution in [0.1, 0.15) is 9.68 Å². The Morgan fingerprint density at radius 1 is 1.42 bits per heavy atom. The van der Waals surface area contributed by atoms with Crippen LogP contribution in [0.5, 0.6) is 0 Å². The quantitative estimate of drug-likeness (QED) is 0.617. The van der Waals surface area contributed by atoms with Crippen molar-refractivity contribution < 1.29 is 17.3 Å². The first-order valence-corrected chi connectivity index (χ1v) is 4.57. The molecule has 0 heterocycles. The van der Waals surface area contributed by atoms with E-state index in [1.54, 1.807) is 0 Å². The third-order valence-electron chi connectivity index (χ3n) is 1.02. The lowest BCUT2D eigenvalue weighted by Crippen LogP contribution is -2.06. The predicted molar refractivity (Wildman–Crippen MR) is 51.9 cm³/mol. The third kappa shape index (κ3) is 2.35. The van der Waals surface area contributed by atoms with Gasteiger partial charge in [-0.3, -0.25) is 0 Å². The summed E-state index contributed by atoms with van der Waals surface area (Å²) in [7, 11) is 0. The van der Waals surface area contributed by atoms with Crippen molar-refractivity contribution in [3.05, 3.63) is 31.7 Å². The van der Waals surface area contributed by atoms with Crippen LogP contribution >= 0.6 is 38.5 Å². The molecule has 1 aromatic rings. The molecule has 0 unspecified atom stereocenters. The predicted octanol–water partition coefficient (Wildman–Crippen LogP) is 4.07. The van der Waals surface area contributed by atoms with Crippen LogP contribution in [0.2, 0.25) is 0 Å². The highest BCUT2D eigenvalue weighted by Crippen LogP contribution is 2.33. The summed E-state index contributed by atoms with van der Waals surface area (Å²) in [4.78, 5) is 0. The Morgan fingerprint density at radius 2 is 2.00 bits per heavy atom. The monoisotopic (exact) mass is 353 g/mol. The maximum Gasteiger partial charge on any atom is 0.417 e. The molecule has 0 spiro atoms. The molecule has 12 heavy (non-hydrogen) atoms. The average molecular weight is 354 g/mol. The topological polar surface area (TPSA) is 0 Å². The van der Waals surface area contributed by atoms with Gasteiger partial charge in [0.1, 0.15) is 0 Å². The number of hydrogen-bond acceptors (Lipinski definition) is 0. The van der Waals surface area contributed by atoms with E-state index in [2.05, 4.69) is 15.9 Å².